The number of carbonyl (C=O) groups excluding carboxylic acids is 3. The number of hydrogen-bond acceptors (Lipinski definition) is 5. The Balaban J connectivity index is 1.55. The average Bonchev–Trinajstić information content (AvgIpc) is 2.97. The predicted octanol–water partition coefficient (Wildman–Crippen LogP) is 3.48. The van der Waals surface area contributed by atoms with E-state index in [0.29, 0.717) is 16.1 Å². The molecule has 3 unspecified atom stereocenters. The van der Waals surface area contributed by atoms with Crippen LogP contribution in [0.1, 0.15) is 23.6 Å². The van der Waals surface area contributed by atoms with Crippen LogP contribution < -0.4 is 16.0 Å². The number of benzene rings is 3. The molecule has 4 aromatic rings. The summed E-state index contributed by atoms with van der Waals surface area (Å²) < 4.78 is 0. The number of fused-ring (bicyclic) bond motifs is 1. The average molecular weight is 587 g/mol. The van der Waals surface area contributed by atoms with Crippen LogP contribution in [-0.2, 0) is 38.4 Å². The summed E-state index contributed by atoms with van der Waals surface area (Å²) >= 11 is 6.02. The van der Waals surface area contributed by atoms with E-state index in [2.05, 4.69) is 20.9 Å². The number of nitrogens with zero attached hydrogens (tertiary/aromatic N) is 1. The Morgan fingerprint density at radius 1 is 0.714 bits per heavy atom. The maximum Gasteiger partial charge on any atom is 0.326 e. The summed E-state index contributed by atoms with van der Waals surface area (Å²) in [6, 6.07) is 20.4. The maximum absolute atomic E-state index is 13.6. The number of carbonyl (C=O) groups is 4. The standard InChI is InChI=1S/C32H31ClN4O5/c1-20(38)35-27(17-22-8-11-24-6-2-3-7-25(24)15-22)30(39)36-28(16-21-9-12-26(33)13-10-21)31(40)37-29(32(41)42)18-23-5-4-14-34-19-23/h2-15,19,27-29H,16-18H2,1H3,(H,35,38)(H,36,39)(H,37,40)(H,41,42). The van der Waals surface area contributed by atoms with Crippen LogP contribution in [0.15, 0.2) is 91.3 Å². The Kier molecular flexibility index (Phi) is 10.2. The SMILES string of the molecule is CC(=O)NC(Cc1ccc2ccccc2c1)C(=O)NC(Cc1ccc(Cl)cc1)C(=O)NC(Cc1cccnc1)C(=O)O. The lowest BCUT2D eigenvalue weighted by Crippen LogP contribution is -2.57. The second kappa shape index (κ2) is 14.2. The number of halogens is 1. The van der Waals surface area contributed by atoms with Crippen LogP contribution in [0.25, 0.3) is 10.8 Å². The molecule has 0 saturated carbocycles. The zero-order valence-electron chi connectivity index (χ0n) is 22.9. The van der Waals surface area contributed by atoms with Gasteiger partial charge in [-0.2, -0.15) is 0 Å². The number of carboxylic acids is 1. The molecule has 0 spiro atoms. The third-order valence-electron chi connectivity index (χ3n) is 6.71. The third kappa shape index (κ3) is 8.62. The van der Waals surface area contributed by atoms with Gasteiger partial charge in [0.1, 0.15) is 18.1 Å². The van der Waals surface area contributed by atoms with E-state index in [1.165, 1.54) is 13.1 Å². The van der Waals surface area contributed by atoms with Gasteiger partial charge in [-0.05, 0) is 45.7 Å². The molecule has 3 atom stereocenters. The van der Waals surface area contributed by atoms with Crippen LogP contribution in [0.4, 0.5) is 0 Å². The molecule has 4 rings (SSSR count). The molecule has 1 aromatic heterocycles. The molecular formula is C32H31ClN4O5. The Morgan fingerprint density at radius 3 is 1.95 bits per heavy atom. The lowest BCUT2D eigenvalue weighted by atomic mass is 9.99. The first kappa shape index (κ1) is 30.2. The lowest BCUT2D eigenvalue weighted by Gasteiger charge is -2.25. The topological polar surface area (TPSA) is 137 Å². The number of carboxylic acid groups (broad SMARTS) is 1. The molecule has 0 aliphatic rings. The molecule has 3 aromatic carbocycles. The smallest absolute Gasteiger partial charge is 0.326 e. The van der Waals surface area contributed by atoms with Crippen molar-refractivity contribution >= 4 is 46.1 Å². The van der Waals surface area contributed by atoms with Gasteiger partial charge in [-0.1, -0.05) is 72.3 Å². The van der Waals surface area contributed by atoms with Crippen molar-refractivity contribution in [2.75, 3.05) is 0 Å². The lowest BCUT2D eigenvalue weighted by molar-refractivity contribution is -0.142. The first-order chi connectivity index (χ1) is 20.2. The number of aromatic nitrogens is 1. The number of hydrogen-bond donors (Lipinski definition) is 4. The Hall–Kier alpha value is -4.76. The molecular weight excluding hydrogens is 556 g/mol. The van der Waals surface area contributed by atoms with E-state index in [-0.39, 0.29) is 19.3 Å². The van der Waals surface area contributed by atoms with Crippen molar-refractivity contribution in [2.45, 2.75) is 44.3 Å². The van der Waals surface area contributed by atoms with Gasteiger partial charge in [-0.3, -0.25) is 19.4 Å². The van der Waals surface area contributed by atoms with Gasteiger partial charge in [0.2, 0.25) is 17.7 Å². The van der Waals surface area contributed by atoms with Crippen LogP contribution in [0, 0.1) is 0 Å². The quantitative estimate of drug-likeness (QED) is 0.201. The fraction of sp³-hybridized carbons (Fsp3) is 0.219. The predicted molar refractivity (Wildman–Crippen MR) is 160 cm³/mol. The molecule has 42 heavy (non-hydrogen) atoms. The van der Waals surface area contributed by atoms with E-state index in [1.807, 2.05) is 42.5 Å². The van der Waals surface area contributed by atoms with Crippen LogP contribution in [0.5, 0.6) is 0 Å². The Morgan fingerprint density at radius 2 is 1.31 bits per heavy atom. The normalized spacial score (nSPS) is 13.0. The summed E-state index contributed by atoms with van der Waals surface area (Å²) in [5, 5.41) is 20.3. The van der Waals surface area contributed by atoms with Crippen molar-refractivity contribution in [3.8, 4) is 0 Å². The molecule has 0 aliphatic heterocycles. The highest BCUT2D eigenvalue weighted by Gasteiger charge is 2.30. The van der Waals surface area contributed by atoms with Gasteiger partial charge in [0.15, 0.2) is 0 Å². The number of nitrogens with one attached hydrogen (secondary N) is 3. The van der Waals surface area contributed by atoms with Gasteiger partial charge in [0.05, 0.1) is 0 Å². The van der Waals surface area contributed by atoms with Crippen molar-refractivity contribution in [2.24, 2.45) is 0 Å². The summed E-state index contributed by atoms with van der Waals surface area (Å²) in [5.41, 5.74) is 2.15. The number of aliphatic carboxylic acids is 1. The van der Waals surface area contributed by atoms with Crippen LogP contribution in [0.3, 0.4) is 0 Å². The molecule has 0 radical (unpaired) electrons. The van der Waals surface area contributed by atoms with E-state index in [0.717, 1.165) is 16.3 Å². The summed E-state index contributed by atoms with van der Waals surface area (Å²) in [4.78, 5) is 55.1. The van der Waals surface area contributed by atoms with Gasteiger partial charge in [0.25, 0.3) is 0 Å². The van der Waals surface area contributed by atoms with E-state index in [1.54, 1.807) is 42.6 Å². The van der Waals surface area contributed by atoms with E-state index in [4.69, 9.17) is 11.6 Å². The molecule has 9 nitrogen and oxygen atoms in total. The van der Waals surface area contributed by atoms with E-state index in [9.17, 15) is 24.3 Å². The van der Waals surface area contributed by atoms with Crippen molar-refractivity contribution in [3.63, 3.8) is 0 Å². The highest BCUT2D eigenvalue weighted by molar-refractivity contribution is 6.30. The summed E-state index contributed by atoms with van der Waals surface area (Å²) in [6.07, 6.45) is 3.35. The molecule has 0 fully saturated rings. The van der Waals surface area contributed by atoms with Gasteiger partial charge < -0.3 is 21.1 Å². The summed E-state index contributed by atoms with van der Waals surface area (Å²) in [5.74, 6) is -2.89. The Labute approximate surface area is 248 Å². The van der Waals surface area contributed by atoms with Gasteiger partial charge in [-0.15, -0.1) is 0 Å². The van der Waals surface area contributed by atoms with Crippen LogP contribution in [-0.4, -0.2) is 51.9 Å². The first-order valence-corrected chi connectivity index (χ1v) is 13.8. The zero-order valence-corrected chi connectivity index (χ0v) is 23.7. The van der Waals surface area contributed by atoms with E-state index >= 15 is 0 Å². The van der Waals surface area contributed by atoms with Gasteiger partial charge in [0, 0.05) is 43.6 Å². The van der Waals surface area contributed by atoms with Crippen molar-refractivity contribution in [1.29, 1.82) is 0 Å². The molecule has 3 amide bonds. The van der Waals surface area contributed by atoms with Gasteiger partial charge in [-0.25, -0.2) is 4.79 Å². The molecule has 0 saturated heterocycles. The fourth-order valence-electron chi connectivity index (χ4n) is 4.62. The highest BCUT2D eigenvalue weighted by atomic mass is 35.5. The summed E-state index contributed by atoms with van der Waals surface area (Å²) in [6.45, 7) is 1.31. The van der Waals surface area contributed by atoms with Crippen LogP contribution in [0.2, 0.25) is 5.02 Å². The van der Waals surface area contributed by atoms with E-state index < -0.39 is 41.8 Å². The first-order valence-electron chi connectivity index (χ1n) is 13.4. The second-order valence-electron chi connectivity index (χ2n) is 10.00. The van der Waals surface area contributed by atoms with Gasteiger partial charge >= 0.3 is 5.97 Å². The molecule has 4 N–H and O–H groups in total. The van der Waals surface area contributed by atoms with Crippen molar-refractivity contribution in [3.05, 3.63) is 113 Å². The zero-order chi connectivity index (χ0) is 30.1. The summed E-state index contributed by atoms with van der Waals surface area (Å²) in [7, 11) is 0. The molecule has 0 bridgehead atoms. The van der Waals surface area contributed by atoms with Crippen molar-refractivity contribution in [1.82, 2.24) is 20.9 Å². The second-order valence-corrected chi connectivity index (χ2v) is 10.4. The minimum Gasteiger partial charge on any atom is -0.480 e. The minimum atomic E-state index is -1.25. The maximum atomic E-state index is 13.6. The molecule has 1 heterocycles. The number of rotatable bonds is 12. The molecule has 216 valence electrons. The monoisotopic (exact) mass is 586 g/mol. The molecule has 10 heteroatoms. The highest BCUT2D eigenvalue weighted by Crippen LogP contribution is 2.17. The van der Waals surface area contributed by atoms with Crippen LogP contribution >= 0.6 is 11.6 Å². The third-order valence-corrected chi connectivity index (χ3v) is 6.96. The fourth-order valence-corrected chi connectivity index (χ4v) is 4.75. The number of amides is 3. The Bertz CT molecular complexity index is 1560. The largest absolute Gasteiger partial charge is 0.480 e. The van der Waals surface area contributed by atoms with Crippen molar-refractivity contribution < 1.29 is 24.3 Å². The number of pyridine rings is 1. The molecule has 0 aliphatic carbocycles. The minimum absolute atomic E-state index is 0.00695.